The van der Waals surface area contributed by atoms with Gasteiger partial charge in [-0.2, -0.15) is 0 Å². The smallest absolute Gasteiger partial charge is 0.206 e. The van der Waals surface area contributed by atoms with Crippen molar-refractivity contribution in [1.29, 1.82) is 0 Å². The van der Waals surface area contributed by atoms with Gasteiger partial charge in [0.1, 0.15) is 11.5 Å². The number of hydrogen-bond acceptors (Lipinski definition) is 5. The van der Waals surface area contributed by atoms with Crippen LogP contribution in [0.3, 0.4) is 0 Å². The van der Waals surface area contributed by atoms with Crippen molar-refractivity contribution in [2.45, 2.75) is 16.7 Å². The van der Waals surface area contributed by atoms with Gasteiger partial charge in [-0.15, -0.1) is 0 Å². The van der Waals surface area contributed by atoms with Crippen molar-refractivity contribution in [3.05, 3.63) is 72.3 Å². The molecule has 0 aliphatic heterocycles. The predicted molar refractivity (Wildman–Crippen MR) is 92.9 cm³/mol. The van der Waals surface area contributed by atoms with E-state index in [0.717, 1.165) is 11.6 Å². The van der Waals surface area contributed by atoms with Crippen LogP contribution >= 0.6 is 0 Å². The number of sulfone groups is 1. The Labute approximate surface area is 145 Å². The van der Waals surface area contributed by atoms with E-state index in [0.29, 0.717) is 5.75 Å². The zero-order chi connectivity index (χ0) is 18.0. The van der Waals surface area contributed by atoms with Crippen LogP contribution in [0.4, 0.5) is 0 Å². The Morgan fingerprint density at radius 2 is 1.40 bits per heavy atom. The fraction of sp³-hybridized carbons (Fsp3) is 0.0526. The Hall–Kier alpha value is -2.99. The second kappa shape index (κ2) is 6.49. The van der Waals surface area contributed by atoms with Crippen LogP contribution in [0, 0.1) is 6.92 Å². The molecule has 0 fully saturated rings. The van der Waals surface area contributed by atoms with Crippen molar-refractivity contribution in [3.63, 3.8) is 0 Å². The highest BCUT2D eigenvalue weighted by atomic mass is 32.2. The lowest BCUT2D eigenvalue weighted by Gasteiger charge is -2.10. The number of ether oxygens (including phenoxy) is 1. The molecular formula is C19H16O5S. The molecule has 0 amide bonds. The van der Waals surface area contributed by atoms with E-state index in [-0.39, 0.29) is 27.0 Å². The molecule has 0 unspecified atom stereocenters. The van der Waals surface area contributed by atoms with Gasteiger partial charge in [-0.1, -0.05) is 17.7 Å². The number of aromatic hydroxyl groups is 2. The minimum absolute atomic E-state index is 0.0244. The zero-order valence-corrected chi connectivity index (χ0v) is 14.2. The van der Waals surface area contributed by atoms with Crippen LogP contribution in [0.15, 0.2) is 76.5 Å². The van der Waals surface area contributed by atoms with Gasteiger partial charge in [-0.05, 0) is 55.5 Å². The fourth-order valence-corrected chi connectivity index (χ4v) is 3.53. The first-order valence-electron chi connectivity index (χ1n) is 7.48. The molecule has 0 saturated carbocycles. The Morgan fingerprint density at radius 1 is 0.800 bits per heavy atom. The number of hydrogen-bond donors (Lipinski definition) is 2. The van der Waals surface area contributed by atoms with E-state index in [1.807, 2.05) is 19.1 Å². The summed E-state index contributed by atoms with van der Waals surface area (Å²) in [6, 6.07) is 16.4. The first-order chi connectivity index (χ1) is 11.9. The van der Waals surface area contributed by atoms with Crippen molar-refractivity contribution in [2.24, 2.45) is 0 Å². The lowest BCUT2D eigenvalue weighted by Crippen LogP contribution is -2.01. The molecule has 0 spiro atoms. The quantitative estimate of drug-likeness (QED) is 0.737. The molecule has 0 aliphatic carbocycles. The molecular weight excluding hydrogens is 340 g/mol. The molecule has 3 rings (SSSR count). The monoisotopic (exact) mass is 356 g/mol. The summed E-state index contributed by atoms with van der Waals surface area (Å²) < 4.78 is 30.7. The van der Waals surface area contributed by atoms with E-state index in [4.69, 9.17) is 4.74 Å². The highest BCUT2D eigenvalue weighted by Crippen LogP contribution is 2.34. The van der Waals surface area contributed by atoms with E-state index in [1.165, 1.54) is 36.4 Å². The average Bonchev–Trinajstić information content (AvgIpc) is 2.59. The van der Waals surface area contributed by atoms with Gasteiger partial charge in [0, 0.05) is 6.07 Å². The summed E-state index contributed by atoms with van der Waals surface area (Å²) >= 11 is 0. The Bertz CT molecular complexity index is 991. The van der Waals surface area contributed by atoms with E-state index in [9.17, 15) is 18.6 Å². The highest BCUT2D eigenvalue weighted by molar-refractivity contribution is 7.91. The van der Waals surface area contributed by atoms with Crippen LogP contribution < -0.4 is 4.74 Å². The zero-order valence-electron chi connectivity index (χ0n) is 13.4. The van der Waals surface area contributed by atoms with Crippen LogP contribution in [-0.4, -0.2) is 18.6 Å². The first kappa shape index (κ1) is 16.9. The fourth-order valence-electron chi connectivity index (χ4n) is 2.25. The van der Waals surface area contributed by atoms with Crippen LogP contribution in [-0.2, 0) is 9.84 Å². The summed E-state index contributed by atoms with van der Waals surface area (Å²) in [7, 11) is -3.80. The standard InChI is InChI=1S/C19H16O5S/c1-13-2-6-15(7-3-13)24-19-11-10-17(12-18(19)21)25(22,23)16-8-4-14(20)5-9-16/h2-12,20-21H,1H3. The molecule has 0 aliphatic rings. The Balaban J connectivity index is 1.91. The van der Waals surface area contributed by atoms with Gasteiger partial charge in [0.25, 0.3) is 0 Å². The van der Waals surface area contributed by atoms with Crippen LogP contribution in [0.25, 0.3) is 0 Å². The minimum Gasteiger partial charge on any atom is -0.508 e. The normalized spacial score (nSPS) is 11.2. The molecule has 0 heterocycles. The maximum Gasteiger partial charge on any atom is 0.206 e. The molecule has 5 nitrogen and oxygen atoms in total. The van der Waals surface area contributed by atoms with Crippen molar-refractivity contribution in [3.8, 4) is 23.0 Å². The average molecular weight is 356 g/mol. The molecule has 25 heavy (non-hydrogen) atoms. The second-order valence-corrected chi connectivity index (χ2v) is 7.49. The van der Waals surface area contributed by atoms with Crippen LogP contribution in [0.1, 0.15) is 5.56 Å². The third-order valence-electron chi connectivity index (χ3n) is 3.64. The molecule has 6 heteroatoms. The molecule has 3 aromatic rings. The van der Waals surface area contributed by atoms with Crippen molar-refractivity contribution < 1.29 is 23.4 Å². The van der Waals surface area contributed by atoms with Gasteiger partial charge >= 0.3 is 0 Å². The molecule has 2 N–H and O–H groups in total. The van der Waals surface area contributed by atoms with Crippen molar-refractivity contribution >= 4 is 9.84 Å². The SMILES string of the molecule is Cc1ccc(Oc2ccc(S(=O)(=O)c3ccc(O)cc3)cc2O)cc1. The summed E-state index contributed by atoms with van der Waals surface area (Å²) in [5.74, 6) is 0.396. The number of phenolic OH excluding ortho intramolecular Hbond substituents is 2. The van der Waals surface area contributed by atoms with E-state index in [1.54, 1.807) is 12.1 Å². The third-order valence-corrected chi connectivity index (χ3v) is 5.40. The maximum absolute atomic E-state index is 12.6. The van der Waals surface area contributed by atoms with Gasteiger partial charge in [0.15, 0.2) is 11.5 Å². The Morgan fingerprint density at radius 3 is 2.00 bits per heavy atom. The van der Waals surface area contributed by atoms with E-state index in [2.05, 4.69) is 0 Å². The molecule has 3 aromatic carbocycles. The summed E-state index contributed by atoms with van der Waals surface area (Å²) in [5.41, 5.74) is 1.08. The minimum atomic E-state index is -3.80. The number of benzene rings is 3. The lowest BCUT2D eigenvalue weighted by atomic mass is 10.2. The largest absolute Gasteiger partial charge is 0.508 e. The summed E-state index contributed by atoms with van der Waals surface area (Å²) in [6.07, 6.45) is 0. The lowest BCUT2D eigenvalue weighted by molar-refractivity contribution is 0.409. The maximum atomic E-state index is 12.6. The number of rotatable bonds is 4. The van der Waals surface area contributed by atoms with Gasteiger partial charge in [-0.25, -0.2) is 8.42 Å². The Kier molecular flexibility index (Phi) is 4.37. The molecule has 0 bridgehead atoms. The van der Waals surface area contributed by atoms with Gasteiger partial charge in [0.2, 0.25) is 9.84 Å². The van der Waals surface area contributed by atoms with Crippen LogP contribution in [0.5, 0.6) is 23.0 Å². The molecule has 0 radical (unpaired) electrons. The van der Waals surface area contributed by atoms with Crippen molar-refractivity contribution in [2.75, 3.05) is 0 Å². The van der Waals surface area contributed by atoms with E-state index < -0.39 is 9.84 Å². The third kappa shape index (κ3) is 3.59. The number of aryl methyl sites for hydroxylation is 1. The van der Waals surface area contributed by atoms with Gasteiger partial charge in [0.05, 0.1) is 9.79 Å². The molecule has 0 aromatic heterocycles. The summed E-state index contributed by atoms with van der Waals surface area (Å²) in [4.78, 5) is -0.0381. The van der Waals surface area contributed by atoms with Gasteiger partial charge in [-0.3, -0.25) is 0 Å². The summed E-state index contributed by atoms with van der Waals surface area (Å²) in [6.45, 7) is 1.95. The molecule has 0 saturated heterocycles. The molecule has 128 valence electrons. The highest BCUT2D eigenvalue weighted by Gasteiger charge is 2.19. The van der Waals surface area contributed by atoms with Crippen molar-refractivity contribution in [1.82, 2.24) is 0 Å². The van der Waals surface area contributed by atoms with Gasteiger partial charge < -0.3 is 14.9 Å². The number of phenols is 2. The first-order valence-corrected chi connectivity index (χ1v) is 8.96. The summed E-state index contributed by atoms with van der Waals surface area (Å²) in [5, 5.41) is 19.4. The topological polar surface area (TPSA) is 83.8 Å². The second-order valence-electron chi connectivity index (χ2n) is 5.54. The van der Waals surface area contributed by atoms with Crippen LogP contribution in [0.2, 0.25) is 0 Å². The molecule has 0 atom stereocenters. The van der Waals surface area contributed by atoms with E-state index >= 15 is 0 Å². The predicted octanol–water partition coefficient (Wildman–Crippen LogP) is 4.03.